The third kappa shape index (κ3) is 2.61. The van der Waals surface area contributed by atoms with Crippen LogP contribution in [0.4, 0.5) is 5.95 Å². The second kappa shape index (κ2) is 5.76. The van der Waals surface area contributed by atoms with Gasteiger partial charge >= 0.3 is 0 Å². The predicted octanol–water partition coefficient (Wildman–Crippen LogP) is 1.54. The second-order valence-electron chi connectivity index (χ2n) is 4.79. The molecule has 1 aliphatic rings. The summed E-state index contributed by atoms with van der Waals surface area (Å²) in [6.07, 6.45) is 6.38. The van der Waals surface area contributed by atoms with Crippen LogP contribution in [-0.2, 0) is 13.0 Å². The fourth-order valence-corrected chi connectivity index (χ4v) is 3.13. The van der Waals surface area contributed by atoms with Crippen molar-refractivity contribution in [2.75, 3.05) is 5.43 Å². The van der Waals surface area contributed by atoms with E-state index in [1.165, 1.54) is 31.0 Å². The van der Waals surface area contributed by atoms with Crippen LogP contribution >= 0.6 is 11.8 Å². The van der Waals surface area contributed by atoms with E-state index in [0.29, 0.717) is 5.95 Å². The van der Waals surface area contributed by atoms with Crippen LogP contribution in [0.1, 0.15) is 30.7 Å². The molecule has 0 aromatic carbocycles. The number of hydrogen-bond acceptors (Lipinski definition) is 7. The van der Waals surface area contributed by atoms with Gasteiger partial charge in [-0.25, -0.2) is 15.8 Å². The van der Waals surface area contributed by atoms with Gasteiger partial charge in [0.2, 0.25) is 5.95 Å². The highest BCUT2D eigenvalue weighted by molar-refractivity contribution is 7.99. The van der Waals surface area contributed by atoms with Crippen molar-refractivity contribution in [3.63, 3.8) is 0 Å². The SMILES string of the molecule is Cc1cnc(NN)nc1Sc1nnc2n1CCCCC2. The largest absolute Gasteiger partial charge is 0.306 e. The van der Waals surface area contributed by atoms with Crippen LogP contribution in [0.2, 0.25) is 0 Å². The van der Waals surface area contributed by atoms with Crippen LogP contribution in [0.5, 0.6) is 0 Å². The van der Waals surface area contributed by atoms with E-state index in [2.05, 4.69) is 30.2 Å². The Labute approximate surface area is 121 Å². The van der Waals surface area contributed by atoms with Gasteiger partial charge in [0, 0.05) is 24.7 Å². The molecule has 0 saturated carbocycles. The minimum Gasteiger partial charge on any atom is -0.306 e. The monoisotopic (exact) mass is 291 g/mol. The fourth-order valence-electron chi connectivity index (χ4n) is 2.22. The van der Waals surface area contributed by atoms with E-state index in [9.17, 15) is 0 Å². The van der Waals surface area contributed by atoms with Gasteiger partial charge in [0.15, 0.2) is 5.16 Å². The van der Waals surface area contributed by atoms with Crippen molar-refractivity contribution in [1.82, 2.24) is 24.7 Å². The summed E-state index contributed by atoms with van der Waals surface area (Å²) in [7, 11) is 0. The number of nitrogens with one attached hydrogen (secondary N) is 1. The highest BCUT2D eigenvalue weighted by Gasteiger charge is 2.17. The van der Waals surface area contributed by atoms with E-state index in [1.807, 2.05) is 6.92 Å². The van der Waals surface area contributed by atoms with E-state index >= 15 is 0 Å². The first-order valence-electron chi connectivity index (χ1n) is 6.68. The lowest BCUT2D eigenvalue weighted by atomic mass is 10.2. The number of hydrazine groups is 1. The van der Waals surface area contributed by atoms with E-state index < -0.39 is 0 Å². The molecule has 0 radical (unpaired) electrons. The lowest BCUT2D eigenvalue weighted by molar-refractivity contribution is 0.590. The molecule has 0 saturated heterocycles. The number of hydrogen-bond donors (Lipinski definition) is 2. The summed E-state index contributed by atoms with van der Waals surface area (Å²) in [4.78, 5) is 8.46. The molecule has 0 unspecified atom stereocenters. The standard InChI is InChI=1S/C12H17N7S/c1-8-7-14-11(16-13)15-10(8)20-12-18-17-9-5-3-2-4-6-19(9)12/h7H,2-6,13H2,1H3,(H,14,15,16). The average molecular weight is 291 g/mol. The maximum Gasteiger partial charge on any atom is 0.238 e. The Morgan fingerprint density at radius 3 is 3.05 bits per heavy atom. The molecule has 106 valence electrons. The van der Waals surface area contributed by atoms with Crippen LogP contribution in [0, 0.1) is 6.92 Å². The molecule has 3 heterocycles. The fraction of sp³-hybridized carbons (Fsp3) is 0.500. The van der Waals surface area contributed by atoms with E-state index in [4.69, 9.17) is 5.84 Å². The molecule has 20 heavy (non-hydrogen) atoms. The van der Waals surface area contributed by atoms with Crippen molar-refractivity contribution in [1.29, 1.82) is 0 Å². The first-order valence-corrected chi connectivity index (χ1v) is 7.50. The Kier molecular flexibility index (Phi) is 3.83. The van der Waals surface area contributed by atoms with Crippen molar-refractivity contribution in [2.24, 2.45) is 5.84 Å². The normalized spacial score (nSPS) is 14.7. The van der Waals surface area contributed by atoms with E-state index in [-0.39, 0.29) is 0 Å². The molecule has 0 fully saturated rings. The summed E-state index contributed by atoms with van der Waals surface area (Å²) in [6.45, 7) is 2.96. The first kappa shape index (κ1) is 13.3. The third-order valence-corrected chi connectivity index (χ3v) is 4.41. The van der Waals surface area contributed by atoms with Gasteiger partial charge in [-0.1, -0.05) is 6.42 Å². The van der Waals surface area contributed by atoms with Crippen molar-refractivity contribution in [2.45, 2.75) is 49.3 Å². The molecule has 0 spiro atoms. The lowest BCUT2D eigenvalue weighted by Crippen LogP contribution is -2.11. The Hall–Kier alpha value is -1.67. The predicted molar refractivity (Wildman–Crippen MR) is 76.3 cm³/mol. The minimum absolute atomic E-state index is 0.411. The minimum atomic E-state index is 0.411. The topological polar surface area (TPSA) is 94.5 Å². The van der Waals surface area contributed by atoms with Crippen LogP contribution in [0.25, 0.3) is 0 Å². The van der Waals surface area contributed by atoms with Crippen molar-refractivity contribution in [3.8, 4) is 0 Å². The van der Waals surface area contributed by atoms with Crippen LogP contribution in [0.15, 0.2) is 16.4 Å². The zero-order chi connectivity index (χ0) is 13.9. The van der Waals surface area contributed by atoms with Gasteiger partial charge in [-0.2, -0.15) is 0 Å². The average Bonchev–Trinajstić information content (AvgIpc) is 2.70. The van der Waals surface area contributed by atoms with Crippen molar-refractivity contribution >= 4 is 17.7 Å². The zero-order valence-corrected chi connectivity index (χ0v) is 12.2. The Morgan fingerprint density at radius 1 is 1.30 bits per heavy atom. The molecule has 1 aliphatic heterocycles. The van der Waals surface area contributed by atoms with E-state index in [0.717, 1.165) is 34.5 Å². The maximum absolute atomic E-state index is 5.36. The van der Waals surface area contributed by atoms with Crippen LogP contribution in [-0.4, -0.2) is 24.7 Å². The zero-order valence-electron chi connectivity index (χ0n) is 11.3. The number of nitrogens with two attached hydrogens (primary N) is 1. The van der Waals surface area contributed by atoms with Gasteiger partial charge in [0.1, 0.15) is 10.9 Å². The maximum atomic E-state index is 5.36. The summed E-state index contributed by atoms with van der Waals surface area (Å²) >= 11 is 1.52. The van der Waals surface area contributed by atoms with Gasteiger partial charge in [-0.05, 0) is 31.5 Å². The number of anilines is 1. The van der Waals surface area contributed by atoms with Crippen LogP contribution < -0.4 is 11.3 Å². The molecule has 8 heteroatoms. The molecular formula is C12H17N7S. The number of rotatable bonds is 3. The number of fused-ring (bicyclic) bond motifs is 1. The number of aromatic nitrogens is 5. The Bertz CT molecular complexity index is 610. The Balaban J connectivity index is 1.90. The molecule has 0 bridgehead atoms. The number of nitrogen functional groups attached to an aromatic ring is 1. The molecule has 3 rings (SSSR count). The van der Waals surface area contributed by atoms with Gasteiger partial charge in [0.25, 0.3) is 0 Å². The van der Waals surface area contributed by atoms with Crippen molar-refractivity contribution in [3.05, 3.63) is 17.6 Å². The molecule has 0 aliphatic carbocycles. The quantitative estimate of drug-likeness (QED) is 0.503. The molecule has 0 amide bonds. The van der Waals surface area contributed by atoms with Crippen molar-refractivity contribution < 1.29 is 0 Å². The molecule has 2 aromatic heterocycles. The smallest absolute Gasteiger partial charge is 0.238 e. The highest BCUT2D eigenvalue weighted by atomic mass is 32.2. The molecule has 3 N–H and O–H groups in total. The summed E-state index contributed by atoms with van der Waals surface area (Å²) in [5.74, 6) is 6.84. The molecule has 2 aromatic rings. The van der Waals surface area contributed by atoms with Gasteiger partial charge in [-0.3, -0.25) is 5.43 Å². The van der Waals surface area contributed by atoms with Crippen LogP contribution in [0.3, 0.4) is 0 Å². The first-order chi connectivity index (χ1) is 9.78. The summed E-state index contributed by atoms with van der Waals surface area (Å²) in [5.41, 5.74) is 3.47. The summed E-state index contributed by atoms with van der Waals surface area (Å²) in [6, 6.07) is 0. The van der Waals surface area contributed by atoms with Gasteiger partial charge in [-0.15, -0.1) is 10.2 Å². The second-order valence-corrected chi connectivity index (χ2v) is 5.75. The Morgan fingerprint density at radius 2 is 2.20 bits per heavy atom. The highest BCUT2D eigenvalue weighted by Crippen LogP contribution is 2.29. The number of nitrogens with zero attached hydrogens (tertiary/aromatic N) is 5. The lowest BCUT2D eigenvalue weighted by Gasteiger charge is -2.08. The molecule has 7 nitrogen and oxygen atoms in total. The summed E-state index contributed by atoms with van der Waals surface area (Å²) < 4.78 is 2.20. The molecular weight excluding hydrogens is 274 g/mol. The van der Waals surface area contributed by atoms with Gasteiger partial charge < -0.3 is 4.57 Å². The number of aryl methyl sites for hydroxylation is 2. The summed E-state index contributed by atoms with van der Waals surface area (Å²) in [5, 5.41) is 10.3. The third-order valence-electron chi connectivity index (χ3n) is 3.32. The molecule has 0 atom stereocenters. The van der Waals surface area contributed by atoms with Gasteiger partial charge in [0.05, 0.1) is 0 Å². The van der Waals surface area contributed by atoms with E-state index in [1.54, 1.807) is 6.20 Å².